The Kier molecular flexibility index (Phi) is 3.63. The van der Waals surface area contributed by atoms with Gasteiger partial charge in [-0.15, -0.1) is 0 Å². The fourth-order valence-electron chi connectivity index (χ4n) is 1.95. The summed E-state index contributed by atoms with van der Waals surface area (Å²) in [5.74, 6) is 4.45. The normalized spacial score (nSPS) is 16.3. The lowest BCUT2D eigenvalue weighted by atomic mass is 10.2. The molecule has 0 radical (unpaired) electrons. The third kappa shape index (κ3) is 2.98. The van der Waals surface area contributed by atoms with Gasteiger partial charge in [0.1, 0.15) is 5.76 Å². The molecule has 1 aliphatic heterocycles. The van der Waals surface area contributed by atoms with Crippen LogP contribution >= 0.6 is 0 Å². The van der Waals surface area contributed by atoms with E-state index in [1.54, 1.807) is 17.9 Å². The molecule has 0 bridgehead atoms. The van der Waals surface area contributed by atoms with Gasteiger partial charge in [0.25, 0.3) is 0 Å². The summed E-state index contributed by atoms with van der Waals surface area (Å²) in [6, 6.07) is 1.68. The van der Waals surface area contributed by atoms with Gasteiger partial charge in [-0.25, -0.2) is 5.84 Å². The Morgan fingerprint density at radius 1 is 1.47 bits per heavy atom. The number of amides is 3. The second kappa shape index (κ2) is 5.21. The molecule has 0 aliphatic carbocycles. The molecular formula is C11H14N4O4. The van der Waals surface area contributed by atoms with E-state index >= 15 is 0 Å². The maximum Gasteiger partial charge on any atom is 0.301 e. The molecule has 0 unspecified atom stereocenters. The van der Waals surface area contributed by atoms with Crippen LogP contribution in [-0.4, -0.2) is 35.7 Å². The van der Waals surface area contributed by atoms with Crippen LogP contribution in [0.25, 0.3) is 0 Å². The summed E-state index contributed by atoms with van der Waals surface area (Å²) in [6.07, 6.45) is 0. The number of nitrogens with two attached hydrogens (primary N) is 1. The molecule has 1 aromatic rings. The maximum atomic E-state index is 11.4. The quantitative estimate of drug-likeness (QED) is 0.269. The first kappa shape index (κ1) is 13.2. The van der Waals surface area contributed by atoms with Crippen LogP contribution in [0.4, 0.5) is 0 Å². The number of hydrogen-bond donors (Lipinski definition) is 3. The number of nitrogens with zero attached hydrogens (tertiary/aromatic N) is 1. The van der Waals surface area contributed by atoms with Crippen molar-refractivity contribution < 1.29 is 18.8 Å². The molecule has 8 heteroatoms. The number of imide groups is 1. The zero-order chi connectivity index (χ0) is 14.0. The molecule has 19 heavy (non-hydrogen) atoms. The number of hydrogen-bond acceptors (Lipinski definition) is 6. The fraction of sp³-hybridized carbons (Fsp3) is 0.364. The second-order valence-corrected chi connectivity index (χ2v) is 4.31. The van der Waals surface area contributed by atoms with Crippen LogP contribution in [0.2, 0.25) is 0 Å². The van der Waals surface area contributed by atoms with E-state index in [2.05, 4.69) is 5.32 Å². The van der Waals surface area contributed by atoms with E-state index in [9.17, 15) is 14.4 Å². The molecule has 1 aliphatic rings. The lowest BCUT2D eigenvalue weighted by molar-refractivity contribution is -0.136. The van der Waals surface area contributed by atoms with Crippen molar-refractivity contribution in [3.63, 3.8) is 0 Å². The Bertz CT molecular complexity index is 521. The first-order valence-corrected chi connectivity index (χ1v) is 5.65. The standard InChI is InChI=1S/C11H14N4O4/c1-6-2-7(19-10(6)11(18)14-12)3-15-4-8(16)13-9(17)5-15/h2H,3-5,12H2,1H3,(H,14,18)(H,13,16,17). The number of carbonyl (C=O) groups is 3. The van der Waals surface area contributed by atoms with Gasteiger partial charge in [0, 0.05) is 5.56 Å². The van der Waals surface area contributed by atoms with Crippen LogP contribution in [0.1, 0.15) is 21.9 Å². The Morgan fingerprint density at radius 3 is 2.68 bits per heavy atom. The summed E-state index contributed by atoms with van der Waals surface area (Å²) in [5, 5.41) is 2.21. The highest BCUT2D eigenvalue weighted by Gasteiger charge is 2.24. The molecule has 2 rings (SSSR count). The SMILES string of the molecule is Cc1cc(CN2CC(=O)NC(=O)C2)oc1C(=O)NN. The van der Waals surface area contributed by atoms with Gasteiger partial charge in [0.05, 0.1) is 19.6 Å². The number of furan rings is 1. The molecule has 1 fully saturated rings. The Labute approximate surface area is 108 Å². The van der Waals surface area contributed by atoms with Crippen LogP contribution in [0.3, 0.4) is 0 Å². The van der Waals surface area contributed by atoms with E-state index in [-0.39, 0.29) is 37.2 Å². The number of nitrogen functional groups attached to an aromatic ring is 1. The van der Waals surface area contributed by atoms with Gasteiger partial charge < -0.3 is 4.42 Å². The lowest BCUT2D eigenvalue weighted by Crippen LogP contribution is -2.50. The molecule has 3 amide bonds. The highest BCUT2D eigenvalue weighted by Crippen LogP contribution is 2.16. The predicted octanol–water partition coefficient (Wildman–Crippen LogP) is -1.35. The molecule has 0 atom stereocenters. The topological polar surface area (TPSA) is 118 Å². The summed E-state index contributed by atoms with van der Waals surface area (Å²) in [5.41, 5.74) is 2.63. The summed E-state index contributed by atoms with van der Waals surface area (Å²) in [7, 11) is 0. The van der Waals surface area contributed by atoms with Crippen LogP contribution in [0.5, 0.6) is 0 Å². The summed E-state index contributed by atoms with van der Waals surface area (Å²) < 4.78 is 5.36. The van der Waals surface area contributed by atoms with Crippen molar-refractivity contribution in [3.05, 3.63) is 23.2 Å². The van der Waals surface area contributed by atoms with E-state index in [4.69, 9.17) is 10.3 Å². The maximum absolute atomic E-state index is 11.4. The smallest absolute Gasteiger partial charge is 0.301 e. The van der Waals surface area contributed by atoms with Gasteiger partial charge in [-0.1, -0.05) is 0 Å². The minimum Gasteiger partial charge on any atom is -0.454 e. The van der Waals surface area contributed by atoms with Crippen LogP contribution in [-0.2, 0) is 16.1 Å². The zero-order valence-corrected chi connectivity index (χ0v) is 10.4. The molecule has 0 spiro atoms. The molecule has 2 heterocycles. The van der Waals surface area contributed by atoms with E-state index < -0.39 is 5.91 Å². The third-order valence-corrected chi connectivity index (χ3v) is 2.70. The van der Waals surface area contributed by atoms with Crippen molar-refractivity contribution in [3.8, 4) is 0 Å². The molecular weight excluding hydrogens is 252 g/mol. The lowest BCUT2D eigenvalue weighted by Gasteiger charge is -2.23. The first-order valence-electron chi connectivity index (χ1n) is 5.65. The second-order valence-electron chi connectivity index (χ2n) is 4.31. The number of hydrazine groups is 1. The van der Waals surface area contributed by atoms with Gasteiger partial charge in [0.2, 0.25) is 11.8 Å². The molecule has 0 aromatic carbocycles. The average Bonchev–Trinajstić information content (AvgIpc) is 2.68. The number of aryl methyl sites for hydroxylation is 1. The predicted molar refractivity (Wildman–Crippen MR) is 63.5 cm³/mol. The Balaban J connectivity index is 2.09. The molecule has 1 saturated heterocycles. The van der Waals surface area contributed by atoms with E-state index in [1.165, 1.54) is 0 Å². The van der Waals surface area contributed by atoms with Gasteiger partial charge in [0.15, 0.2) is 5.76 Å². The Morgan fingerprint density at radius 2 is 2.11 bits per heavy atom. The summed E-state index contributed by atoms with van der Waals surface area (Å²) >= 11 is 0. The fourth-order valence-corrected chi connectivity index (χ4v) is 1.95. The van der Waals surface area contributed by atoms with Crippen LogP contribution in [0.15, 0.2) is 10.5 Å². The van der Waals surface area contributed by atoms with E-state index in [0.717, 1.165) is 0 Å². The van der Waals surface area contributed by atoms with Gasteiger partial charge in [-0.2, -0.15) is 0 Å². The van der Waals surface area contributed by atoms with E-state index in [1.807, 2.05) is 5.43 Å². The van der Waals surface area contributed by atoms with Crippen LogP contribution in [0, 0.1) is 6.92 Å². The monoisotopic (exact) mass is 266 g/mol. The van der Waals surface area contributed by atoms with Gasteiger partial charge >= 0.3 is 5.91 Å². The first-order chi connectivity index (χ1) is 8.99. The molecule has 1 aromatic heterocycles. The number of carbonyl (C=O) groups excluding carboxylic acids is 3. The van der Waals surface area contributed by atoms with Crippen molar-refractivity contribution in [1.29, 1.82) is 0 Å². The number of piperazine rings is 1. The average molecular weight is 266 g/mol. The molecule has 102 valence electrons. The van der Waals surface area contributed by atoms with Crippen molar-refractivity contribution in [2.45, 2.75) is 13.5 Å². The third-order valence-electron chi connectivity index (χ3n) is 2.70. The zero-order valence-electron chi connectivity index (χ0n) is 10.4. The van der Waals surface area contributed by atoms with Crippen molar-refractivity contribution in [2.24, 2.45) is 5.84 Å². The molecule has 0 saturated carbocycles. The van der Waals surface area contributed by atoms with E-state index in [0.29, 0.717) is 11.3 Å². The summed E-state index contributed by atoms with van der Waals surface area (Å²) in [4.78, 5) is 35.4. The van der Waals surface area contributed by atoms with Gasteiger partial charge in [-0.3, -0.25) is 30.0 Å². The minimum absolute atomic E-state index is 0.115. The molecule has 8 nitrogen and oxygen atoms in total. The highest BCUT2D eigenvalue weighted by molar-refractivity contribution is 5.99. The summed E-state index contributed by atoms with van der Waals surface area (Å²) in [6.45, 7) is 2.22. The largest absolute Gasteiger partial charge is 0.454 e. The molecule has 4 N–H and O–H groups in total. The van der Waals surface area contributed by atoms with Gasteiger partial charge in [-0.05, 0) is 13.0 Å². The minimum atomic E-state index is -0.517. The number of nitrogens with one attached hydrogen (secondary N) is 2. The van der Waals surface area contributed by atoms with Crippen molar-refractivity contribution >= 4 is 17.7 Å². The number of rotatable bonds is 3. The van der Waals surface area contributed by atoms with Crippen molar-refractivity contribution in [1.82, 2.24) is 15.6 Å². The Hall–Kier alpha value is -2.19. The highest BCUT2D eigenvalue weighted by atomic mass is 16.4. The van der Waals surface area contributed by atoms with Crippen LogP contribution < -0.4 is 16.6 Å². The van der Waals surface area contributed by atoms with Crippen molar-refractivity contribution in [2.75, 3.05) is 13.1 Å².